The van der Waals surface area contributed by atoms with Gasteiger partial charge in [0.2, 0.25) is 11.8 Å². The molecule has 0 aliphatic rings. The third kappa shape index (κ3) is 5.92. The number of hydrogen-bond acceptors (Lipinski definition) is 4. The van der Waals surface area contributed by atoms with Crippen molar-refractivity contribution in [1.29, 1.82) is 0 Å². The number of sulfonamides is 1. The van der Waals surface area contributed by atoms with Crippen molar-refractivity contribution in [2.75, 3.05) is 5.32 Å². The lowest BCUT2D eigenvalue weighted by molar-refractivity contribution is -0.122. The summed E-state index contributed by atoms with van der Waals surface area (Å²) in [5.41, 5.74) is 2.64. The number of amides is 2. The average Bonchev–Trinajstić information content (AvgIpc) is 2.36. The Morgan fingerprint density at radius 1 is 1.14 bits per heavy atom. The molecule has 21 heavy (non-hydrogen) atoms. The van der Waals surface area contributed by atoms with Crippen LogP contribution in [-0.2, 0) is 19.6 Å². The molecule has 0 bridgehead atoms. The number of nitrogens with one attached hydrogen (secondary N) is 3. The van der Waals surface area contributed by atoms with Gasteiger partial charge in [-0.2, -0.15) is 0 Å². The van der Waals surface area contributed by atoms with Gasteiger partial charge in [-0.3, -0.25) is 15.0 Å². The molecule has 2 amide bonds. The zero-order valence-electron chi connectivity index (χ0n) is 12.1. The Balaban J connectivity index is 2.70. The molecule has 3 N–H and O–H groups in total. The maximum Gasteiger partial charge on any atom is 0.257 e. The average molecular weight is 313 g/mol. The quantitative estimate of drug-likeness (QED) is 0.681. The standard InChI is InChI=1S/C13H19N3O4S/c1-9(2)8-13(18)15-16-21(19,20)12-6-4-11(5-7-12)14-10(3)17/h4-7,9,16H,8H2,1-3H3,(H,14,17)(H,15,18). The summed E-state index contributed by atoms with van der Waals surface area (Å²) >= 11 is 0. The summed E-state index contributed by atoms with van der Waals surface area (Å²) in [6.07, 6.45) is 0.226. The summed E-state index contributed by atoms with van der Waals surface area (Å²) in [5, 5.41) is 2.53. The lowest BCUT2D eigenvalue weighted by Gasteiger charge is -2.10. The minimum atomic E-state index is -3.83. The van der Waals surface area contributed by atoms with Crippen molar-refractivity contribution < 1.29 is 18.0 Å². The first-order chi connectivity index (χ1) is 9.70. The summed E-state index contributed by atoms with van der Waals surface area (Å²) in [7, 11) is -3.83. The van der Waals surface area contributed by atoms with Gasteiger partial charge in [0, 0.05) is 19.0 Å². The van der Waals surface area contributed by atoms with Crippen molar-refractivity contribution in [2.24, 2.45) is 5.92 Å². The molecule has 7 nitrogen and oxygen atoms in total. The van der Waals surface area contributed by atoms with Gasteiger partial charge in [0.15, 0.2) is 0 Å². The van der Waals surface area contributed by atoms with E-state index < -0.39 is 15.9 Å². The van der Waals surface area contributed by atoms with Crippen molar-refractivity contribution >= 4 is 27.5 Å². The Morgan fingerprint density at radius 2 is 1.71 bits per heavy atom. The van der Waals surface area contributed by atoms with E-state index in [1.54, 1.807) is 0 Å². The molecule has 0 radical (unpaired) electrons. The normalized spacial score (nSPS) is 11.2. The Bertz CT molecular complexity index is 609. The number of rotatable bonds is 6. The first kappa shape index (κ1) is 17.1. The van der Waals surface area contributed by atoms with Crippen LogP contribution in [-0.4, -0.2) is 20.2 Å². The molecule has 0 aromatic heterocycles. The van der Waals surface area contributed by atoms with Gasteiger partial charge in [-0.1, -0.05) is 13.8 Å². The van der Waals surface area contributed by atoms with Crippen LogP contribution in [0.3, 0.4) is 0 Å². The molecule has 1 aromatic rings. The van der Waals surface area contributed by atoms with E-state index in [9.17, 15) is 18.0 Å². The second kappa shape index (κ2) is 7.19. The highest BCUT2D eigenvalue weighted by Crippen LogP contribution is 2.13. The topological polar surface area (TPSA) is 104 Å². The number of carbonyl (C=O) groups is 2. The molecular weight excluding hydrogens is 294 g/mol. The van der Waals surface area contributed by atoms with E-state index >= 15 is 0 Å². The monoisotopic (exact) mass is 313 g/mol. The summed E-state index contributed by atoms with van der Waals surface area (Å²) in [4.78, 5) is 24.3. The highest BCUT2D eigenvalue weighted by atomic mass is 32.2. The van der Waals surface area contributed by atoms with Gasteiger partial charge in [-0.15, -0.1) is 4.83 Å². The van der Waals surface area contributed by atoms with Crippen molar-refractivity contribution in [3.63, 3.8) is 0 Å². The maximum atomic E-state index is 11.9. The molecule has 116 valence electrons. The first-order valence-electron chi connectivity index (χ1n) is 6.39. The van der Waals surface area contributed by atoms with Gasteiger partial charge in [-0.25, -0.2) is 8.42 Å². The Morgan fingerprint density at radius 3 is 2.19 bits per heavy atom. The van der Waals surface area contributed by atoms with Gasteiger partial charge in [0.05, 0.1) is 4.90 Å². The van der Waals surface area contributed by atoms with E-state index in [2.05, 4.69) is 10.7 Å². The minimum Gasteiger partial charge on any atom is -0.326 e. The molecule has 0 fully saturated rings. The third-order valence-corrected chi connectivity index (χ3v) is 3.67. The second-order valence-electron chi connectivity index (χ2n) is 4.96. The van der Waals surface area contributed by atoms with Gasteiger partial charge >= 0.3 is 0 Å². The molecule has 0 saturated carbocycles. The predicted octanol–water partition coefficient (Wildman–Crippen LogP) is 1.00. The van der Waals surface area contributed by atoms with Crippen LogP contribution < -0.4 is 15.6 Å². The van der Waals surface area contributed by atoms with Crippen LogP contribution in [0.4, 0.5) is 5.69 Å². The molecule has 0 heterocycles. The van der Waals surface area contributed by atoms with E-state index in [1.807, 2.05) is 18.7 Å². The molecule has 0 aliphatic heterocycles. The highest BCUT2D eigenvalue weighted by Gasteiger charge is 2.15. The number of hydrazine groups is 1. The molecule has 0 atom stereocenters. The Labute approximate surface area is 124 Å². The fourth-order valence-electron chi connectivity index (χ4n) is 1.53. The lowest BCUT2D eigenvalue weighted by atomic mass is 10.1. The fraction of sp³-hybridized carbons (Fsp3) is 0.385. The Kier molecular flexibility index (Phi) is 5.86. The minimum absolute atomic E-state index is 0.0125. The van der Waals surface area contributed by atoms with Crippen molar-refractivity contribution in [3.8, 4) is 0 Å². The molecule has 1 aromatic carbocycles. The van der Waals surface area contributed by atoms with Gasteiger partial charge in [-0.05, 0) is 30.2 Å². The van der Waals surface area contributed by atoms with Crippen molar-refractivity contribution in [3.05, 3.63) is 24.3 Å². The number of carbonyl (C=O) groups excluding carboxylic acids is 2. The number of anilines is 1. The smallest absolute Gasteiger partial charge is 0.257 e. The SMILES string of the molecule is CC(=O)Nc1ccc(S(=O)(=O)NNC(=O)CC(C)C)cc1. The molecule has 8 heteroatoms. The number of hydrogen-bond donors (Lipinski definition) is 3. The summed E-state index contributed by atoms with van der Waals surface area (Å²) in [5.74, 6) is -0.514. The van der Waals surface area contributed by atoms with Crippen LogP contribution in [0.2, 0.25) is 0 Å². The highest BCUT2D eigenvalue weighted by molar-refractivity contribution is 7.89. The van der Waals surface area contributed by atoms with Crippen LogP contribution >= 0.6 is 0 Å². The Hall–Kier alpha value is -1.93. The largest absolute Gasteiger partial charge is 0.326 e. The van der Waals surface area contributed by atoms with Crippen molar-refractivity contribution in [1.82, 2.24) is 10.3 Å². The predicted molar refractivity (Wildman–Crippen MR) is 78.7 cm³/mol. The fourth-order valence-corrected chi connectivity index (χ4v) is 2.39. The molecule has 0 aliphatic carbocycles. The van der Waals surface area contributed by atoms with E-state index in [0.717, 1.165) is 0 Å². The third-order valence-electron chi connectivity index (χ3n) is 2.40. The van der Waals surface area contributed by atoms with E-state index in [-0.39, 0.29) is 23.1 Å². The molecule has 0 saturated heterocycles. The molecule has 0 spiro atoms. The van der Waals surface area contributed by atoms with E-state index in [4.69, 9.17) is 0 Å². The van der Waals surface area contributed by atoms with Gasteiger partial charge < -0.3 is 5.32 Å². The van der Waals surface area contributed by atoms with E-state index in [1.165, 1.54) is 31.2 Å². The maximum absolute atomic E-state index is 11.9. The van der Waals surface area contributed by atoms with Crippen LogP contribution in [0.5, 0.6) is 0 Å². The van der Waals surface area contributed by atoms with Gasteiger partial charge in [0.25, 0.3) is 10.0 Å². The van der Waals surface area contributed by atoms with Crippen LogP contribution in [0, 0.1) is 5.92 Å². The summed E-state index contributed by atoms with van der Waals surface area (Å²) < 4.78 is 23.9. The van der Waals surface area contributed by atoms with E-state index in [0.29, 0.717) is 5.69 Å². The number of benzene rings is 1. The van der Waals surface area contributed by atoms with Crippen molar-refractivity contribution in [2.45, 2.75) is 32.1 Å². The van der Waals surface area contributed by atoms with Crippen LogP contribution in [0.1, 0.15) is 27.2 Å². The lowest BCUT2D eigenvalue weighted by Crippen LogP contribution is -2.41. The molecule has 0 unspecified atom stereocenters. The second-order valence-corrected chi connectivity index (χ2v) is 6.64. The zero-order chi connectivity index (χ0) is 16.0. The zero-order valence-corrected chi connectivity index (χ0v) is 13.0. The molecular formula is C13H19N3O4S. The summed E-state index contributed by atoms with van der Waals surface area (Å²) in [6.45, 7) is 5.07. The van der Waals surface area contributed by atoms with Crippen LogP contribution in [0.15, 0.2) is 29.2 Å². The first-order valence-corrected chi connectivity index (χ1v) is 7.87. The molecule has 1 rings (SSSR count). The summed E-state index contributed by atoms with van der Waals surface area (Å²) in [6, 6.07) is 5.60. The van der Waals surface area contributed by atoms with Crippen LogP contribution in [0.25, 0.3) is 0 Å². The van der Waals surface area contributed by atoms with Gasteiger partial charge in [0.1, 0.15) is 0 Å².